The van der Waals surface area contributed by atoms with Crippen molar-refractivity contribution < 1.29 is 13.9 Å². The highest BCUT2D eigenvalue weighted by atomic mass is 32.1. The molecule has 1 atom stereocenters. The van der Waals surface area contributed by atoms with Gasteiger partial charge in [0.2, 0.25) is 0 Å². The van der Waals surface area contributed by atoms with Gasteiger partial charge in [-0.15, -0.1) is 11.3 Å². The first-order valence-electron chi connectivity index (χ1n) is 9.78. The van der Waals surface area contributed by atoms with Crippen LogP contribution in [0.25, 0.3) is 22.4 Å². The lowest BCUT2D eigenvalue weighted by molar-refractivity contribution is 0.0967. The van der Waals surface area contributed by atoms with Gasteiger partial charge < -0.3 is 18.5 Å². The van der Waals surface area contributed by atoms with Crippen molar-refractivity contribution in [1.82, 2.24) is 4.57 Å². The molecule has 0 radical (unpaired) electrons. The number of hydrogen-bond acceptors (Lipinski definition) is 5. The molecular weight excluding hydrogens is 384 g/mol. The standard InChI is InChI=1S/C23H22N2O3S/c1-26-21-11-5-3-9-18(21)24-23-25(14-17-8-6-12-27-17)19(15-29-23)22-13-16-7-2-4-10-20(16)28-22/h2-5,7,9-11,13,15,17H,6,8,12,14H2,1H3. The minimum Gasteiger partial charge on any atom is -0.494 e. The molecule has 1 aliphatic rings. The third kappa shape index (κ3) is 3.61. The van der Waals surface area contributed by atoms with Crippen molar-refractivity contribution in [3.8, 4) is 17.2 Å². The Morgan fingerprint density at radius 2 is 2.03 bits per heavy atom. The molecule has 0 aliphatic carbocycles. The fraction of sp³-hybridized carbons (Fsp3) is 0.261. The molecule has 2 aromatic carbocycles. The zero-order chi connectivity index (χ0) is 19.6. The molecule has 0 spiro atoms. The summed E-state index contributed by atoms with van der Waals surface area (Å²) in [5.41, 5.74) is 2.73. The maximum absolute atomic E-state index is 6.15. The predicted molar refractivity (Wildman–Crippen MR) is 115 cm³/mol. The van der Waals surface area contributed by atoms with Crippen LogP contribution in [0.2, 0.25) is 0 Å². The van der Waals surface area contributed by atoms with Gasteiger partial charge in [0.1, 0.15) is 17.0 Å². The van der Waals surface area contributed by atoms with E-state index in [0.29, 0.717) is 0 Å². The fourth-order valence-corrected chi connectivity index (χ4v) is 4.63. The summed E-state index contributed by atoms with van der Waals surface area (Å²) in [7, 11) is 1.67. The Morgan fingerprint density at radius 1 is 1.17 bits per heavy atom. The van der Waals surface area contributed by atoms with Gasteiger partial charge in [-0.3, -0.25) is 0 Å². The number of ether oxygens (including phenoxy) is 2. The lowest BCUT2D eigenvalue weighted by Crippen LogP contribution is -2.23. The molecule has 1 saturated heterocycles. The lowest BCUT2D eigenvalue weighted by atomic mass is 10.2. The van der Waals surface area contributed by atoms with E-state index in [2.05, 4.69) is 22.1 Å². The van der Waals surface area contributed by atoms with Crippen LogP contribution in [0.1, 0.15) is 12.8 Å². The van der Waals surface area contributed by atoms with E-state index in [9.17, 15) is 0 Å². The molecule has 3 heterocycles. The zero-order valence-electron chi connectivity index (χ0n) is 16.2. The molecule has 1 unspecified atom stereocenters. The number of fused-ring (bicyclic) bond motifs is 1. The van der Waals surface area contributed by atoms with E-state index in [1.54, 1.807) is 18.4 Å². The van der Waals surface area contributed by atoms with Gasteiger partial charge in [0, 0.05) is 17.4 Å². The van der Waals surface area contributed by atoms with Crippen molar-refractivity contribution in [3.63, 3.8) is 0 Å². The SMILES string of the molecule is COc1ccccc1N=c1scc(-c2cc3ccccc3o2)n1CC1CCCO1. The molecule has 5 rings (SSSR count). The van der Waals surface area contributed by atoms with E-state index in [4.69, 9.17) is 18.9 Å². The Bertz CT molecular complexity index is 1170. The summed E-state index contributed by atoms with van der Waals surface area (Å²) in [6.45, 7) is 1.58. The average Bonchev–Trinajstić information content (AvgIpc) is 3.49. The minimum atomic E-state index is 0.198. The zero-order valence-corrected chi connectivity index (χ0v) is 17.0. The Morgan fingerprint density at radius 3 is 2.86 bits per heavy atom. The van der Waals surface area contributed by atoms with Crippen LogP contribution in [-0.2, 0) is 11.3 Å². The summed E-state index contributed by atoms with van der Waals surface area (Å²) in [5.74, 6) is 1.61. The minimum absolute atomic E-state index is 0.198. The second-order valence-electron chi connectivity index (χ2n) is 7.08. The molecule has 29 heavy (non-hydrogen) atoms. The molecule has 0 N–H and O–H groups in total. The molecule has 2 aromatic heterocycles. The van der Waals surface area contributed by atoms with E-state index in [-0.39, 0.29) is 6.10 Å². The van der Waals surface area contributed by atoms with Gasteiger partial charge in [-0.25, -0.2) is 4.99 Å². The van der Waals surface area contributed by atoms with Crippen molar-refractivity contribution in [1.29, 1.82) is 0 Å². The van der Waals surface area contributed by atoms with Crippen molar-refractivity contribution in [2.75, 3.05) is 13.7 Å². The van der Waals surface area contributed by atoms with Crippen LogP contribution in [-0.4, -0.2) is 24.4 Å². The molecule has 1 fully saturated rings. The summed E-state index contributed by atoms with van der Waals surface area (Å²) in [4.78, 5) is 5.82. The molecule has 1 aliphatic heterocycles. The van der Waals surface area contributed by atoms with E-state index in [1.165, 1.54) is 0 Å². The van der Waals surface area contributed by atoms with Crippen LogP contribution in [0.15, 0.2) is 69.4 Å². The number of aromatic nitrogens is 1. The van der Waals surface area contributed by atoms with Crippen LogP contribution < -0.4 is 9.54 Å². The van der Waals surface area contributed by atoms with Gasteiger partial charge in [0.15, 0.2) is 10.6 Å². The van der Waals surface area contributed by atoms with E-state index in [1.807, 2.05) is 42.5 Å². The third-order valence-corrected chi connectivity index (χ3v) is 6.05. The van der Waals surface area contributed by atoms with Gasteiger partial charge in [-0.05, 0) is 37.1 Å². The maximum Gasteiger partial charge on any atom is 0.190 e. The van der Waals surface area contributed by atoms with Gasteiger partial charge in [0.05, 0.1) is 25.5 Å². The first-order chi connectivity index (χ1) is 14.3. The van der Waals surface area contributed by atoms with Gasteiger partial charge in [0.25, 0.3) is 0 Å². The van der Waals surface area contributed by atoms with Gasteiger partial charge >= 0.3 is 0 Å². The normalized spacial score (nSPS) is 17.3. The molecule has 6 heteroatoms. The van der Waals surface area contributed by atoms with Crippen LogP contribution in [0.5, 0.6) is 5.75 Å². The number of hydrogen-bond donors (Lipinski definition) is 0. The molecule has 0 amide bonds. The summed E-state index contributed by atoms with van der Waals surface area (Å²) in [6.07, 6.45) is 2.37. The molecule has 0 bridgehead atoms. The monoisotopic (exact) mass is 406 g/mol. The predicted octanol–water partition coefficient (Wildman–Crippen LogP) is 5.38. The quantitative estimate of drug-likeness (QED) is 0.447. The molecule has 0 saturated carbocycles. The van der Waals surface area contributed by atoms with Crippen molar-refractivity contribution in [2.24, 2.45) is 4.99 Å². The maximum atomic E-state index is 6.15. The highest BCUT2D eigenvalue weighted by molar-refractivity contribution is 7.07. The number of thiazole rings is 1. The number of methoxy groups -OCH3 is 1. The Labute approximate surface area is 172 Å². The molecular formula is C23H22N2O3S. The first-order valence-corrected chi connectivity index (χ1v) is 10.7. The largest absolute Gasteiger partial charge is 0.494 e. The van der Waals surface area contributed by atoms with E-state index < -0.39 is 0 Å². The van der Waals surface area contributed by atoms with E-state index >= 15 is 0 Å². The van der Waals surface area contributed by atoms with Crippen LogP contribution >= 0.6 is 11.3 Å². The number of furan rings is 1. The third-order valence-electron chi connectivity index (χ3n) is 5.19. The van der Waals surface area contributed by atoms with Crippen molar-refractivity contribution >= 4 is 28.0 Å². The van der Waals surface area contributed by atoms with E-state index in [0.717, 1.165) is 64.7 Å². The highest BCUT2D eigenvalue weighted by Gasteiger charge is 2.20. The second kappa shape index (κ2) is 7.89. The van der Waals surface area contributed by atoms with Gasteiger partial charge in [-0.1, -0.05) is 30.3 Å². The Hall–Kier alpha value is -2.83. The summed E-state index contributed by atoms with van der Waals surface area (Å²) < 4.78 is 19.8. The highest BCUT2D eigenvalue weighted by Crippen LogP contribution is 2.30. The fourth-order valence-electron chi connectivity index (χ4n) is 3.72. The number of para-hydroxylation sites is 3. The molecule has 4 aromatic rings. The molecule has 148 valence electrons. The smallest absolute Gasteiger partial charge is 0.190 e. The summed E-state index contributed by atoms with van der Waals surface area (Å²) in [5, 5.41) is 3.21. The van der Waals surface area contributed by atoms with Crippen molar-refractivity contribution in [2.45, 2.75) is 25.5 Å². The van der Waals surface area contributed by atoms with Crippen LogP contribution in [0.4, 0.5) is 5.69 Å². The number of rotatable bonds is 5. The average molecular weight is 407 g/mol. The molecule has 5 nitrogen and oxygen atoms in total. The van der Waals surface area contributed by atoms with Gasteiger partial charge in [-0.2, -0.15) is 0 Å². The number of nitrogens with zero attached hydrogens (tertiary/aromatic N) is 2. The second-order valence-corrected chi connectivity index (χ2v) is 7.92. The lowest BCUT2D eigenvalue weighted by Gasteiger charge is -2.13. The summed E-state index contributed by atoms with van der Waals surface area (Å²) >= 11 is 1.60. The summed E-state index contributed by atoms with van der Waals surface area (Å²) in [6, 6.07) is 18.0. The van der Waals surface area contributed by atoms with Crippen LogP contribution in [0.3, 0.4) is 0 Å². The number of benzene rings is 2. The van der Waals surface area contributed by atoms with Crippen molar-refractivity contribution in [3.05, 3.63) is 64.8 Å². The topological polar surface area (TPSA) is 48.9 Å². The first kappa shape index (κ1) is 18.2. The Balaban J connectivity index is 1.64. The van der Waals surface area contributed by atoms with Crippen LogP contribution in [0, 0.1) is 0 Å². The Kier molecular flexibility index (Phi) is 4.96.